The van der Waals surface area contributed by atoms with Crippen LogP contribution in [-0.4, -0.2) is 31.7 Å². The Morgan fingerprint density at radius 2 is 1.42 bits per heavy atom. The molecule has 0 fully saturated rings. The van der Waals surface area contributed by atoms with Gasteiger partial charge in [0, 0.05) is 18.0 Å². The molecule has 5 aromatic rings. The van der Waals surface area contributed by atoms with E-state index in [1.165, 1.54) is 51.6 Å². The minimum Gasteiger partial charge on any atom is -0.449 e. The van der Waals surface area contributed by atoms with Crippen molar-refractivity contribution in [1.82, 2.24) is 16.0 Å². The van der Waals surface area contributed by atoms with Crippen LogP contribution in [0.15, 0.2) is 158 Å². The van der Waals surface area contributed by atoms with E-state index < -0.39 is 6.09 Å². The van der Waals surface area contributed by atoms with E-state index >= 15 is 0 Å². The average Bonchev–Trinajstić information content (AvgIpc) is 3.61. The van der Waals surface area contributed by atoms with E-state index in [9.17, 15) is 9.59 Å². The monoisotopic (exact) mass is 895 g/mol. The lowest BCUT2D eigenvalue weighted by atomic mass is 9.92. The quantitative estimate of drug-likeness (QED) is 0.0661. The van der Waals surface area contributed by atoms with Gasteiger partial charge < -0.3 is 26.4 Å². The summed E-state index contributed by atoms with van der Waals surface area (Å²) in [6, 6.07) is 41.9. The van der Waals surface area contributed by atoms with Gasteiger partial charge in [0.2, 0.25) is 5.91 Å². The highest BCUT2D eigenvalue weighted by atomic mass is 16.5. The average molecular weight is 895 g/mol. The van der Waals surface area contributed by atoms with E-state index in [0.717, 1.165) is 97.7 Å². The molecule has 3 aliphatic rings. The first-order chi connectivity index (χ1) is 32.8. The summed E-state index contributed by atoms with van der Waals surface area (Å²) in [5.74, 6) is 0.0326. The standard InChI is InChI=1S/C59H65N3O3.CH5N/c1-5-7-18-40(3)43-30-33-46(34-31-43)57(45-20-10-9-11-21-45)60-41(4)55(27-8-6-2)61-56(63)37-29-42-28-36-49-47(38-42)35-32-44-19-12-13-22-48(44)58(49)62-59(64)65-39-54-52-25-16-14-23-50(52)51-24-15-17-26-53(51)54;1-2/h9-14,16-17,19-23,25-26,28,30-31,33-34,36,38,54-55,57-58,60H,3-8,15,18,24,27,29,32,35,37,39H2,1-2H3,(H,61,63)(H,62,64);2H2,1H3. The zero-order chi connectivity index (χ0) is 47.1. The summed E-state index contributed by atoms with van der Waals surface area (Å²) in [6.07, 6.45) is 14.8. The molecule has 7 heteroatoms. The van der Waals surface area contributed by atoms with Gasteiger partial charge in [-0.25, -0.2) is 4.79 Å². The van der Waals surface area contributed by atoms with E-state index in [-0.39, 0.29) is 36.6 Å². The minimum absolute atomic E-state index is 0.00128. The number of amides is 2. The Morgan fingerprint density at radius 1 is 0.731 bits per heavy atom. The highest BCUT2D eigenvalue weighted by molar-refractivity contribution is 5.82. The zero-order valence-electron chi connectivity index (χ0n) is 39.9. The summed E-state index contributed by atoms with van der Waals surface area (Å²) in [4.78, 5) is 27.6. The van der Waals surface area contributed by atoms with Crippen molar-refractivity contribution < 1.29 is 14.3 Å². The summed E-state index contributed by atoms with van der Waals surface area (Å²) in [5, 5.41) is 10.4. The minimum atomic E-state index is -0.421. The van der Waals surface area contributed by atoms with E-state index in [1.807, 2.05) is 12.1 Å². The fourth-order valence-corrected chi connectivity index (χ4v) is 9.99. The number of nitrogens with two attached hydrogens (primary N) is 1. The Balaban J connectivity index is 0.00000329. The van der Waals surface area contributed by atoms with Gasteiger partial charge in [-0.15, -0.1) is 0 Å². The van der Waals surface area contributed by atoms with E-state index in [1.54, 1.807) is 0 Å². The van der Waals surface area contributed by atoms with Crippen molar-refractivity contribution in [2.75, 3.05) is 13.7 Å². The molecule has 0 aliphatic heterocycles. The number of unbranched alkanes of at least 4 members (excludes halogenated alkanes) is 2. The number of nitrogens with one attached hydrogen (secondary N) is 3. The van der Waals surface area contributed by atoms with Crippen LogP contribution in [0, 0.1) is 0 Å². The number of benzene rings is 5. The van der Waals surface area contributed by atoms with Crippen LogP contribution in [0.25, 0.3) is 11.1 Å². The van der Waals surface area contributed by atoms with Crippen LogP contribution in [0.1, 0.15) is 145 Å². The number of hydrogen-bond donors (Lipinski definition) is 4. The van der Waals surface area contributed by atoms with Gasteiger partial charge in [-0.1, -0.05) is 180 Å². The molecular formula is C60H70N4O3. The first kappa shape index (κ1) is 48.5. The summed E-state index contributed by atoms with van der Waals surface area (Å²) in [6.45, 7) is 13.5. The number of fused-ring (bicyclic) bond motifs is 4. The third kappa shape index (κ3) is 11.9. The third-order valence-corrected chi connectivity index (χ3v) is 13.6. The fourth-order valence-electron chi connectivity index (χ4n) is 9.99. The molecule has 8 rings (SSSR count). The molecule has 0 radical (unpaired) electrons. The number of allylic oxidation sites excluding steroid dienone is 4. The lowest BCUT2D eigenvalue weighted by Gasteiger charge is -2.28. The largest absolute Gasteiger partial charge is 0.449 e. The van der Waals surface area contributed by atoms with E-state index in [4.69, 9.17) is 4.74 Å². The van der Waals surface area contributed by atoms with Gasteiger partial charge in [-0.3, -0.25) is 4.79 Å². The van der Waals surface area contributed by atoms with E-state index in [0.29, 0.717) is 12.8 Å². The number of alkyl carbamates (subject to hydrolysis) is 1. The summed E-state index contributed by atoms with van der Waals surface area (Å²) in [7, 11) is 1.50. The molecule has 2 amide bonds. The van der Waals surface area contributed by atoms with Crippen molar-refractivity contribution in [1.29, 1.82) is 0 Å². The number of hydrogen-bond acceptors (Lipinski definition) is 5. The van der Waals surface area contributed by atoms with Gasteiger partial charge in [0.05, 0.1) is 18.1 Å². The third-order valence-electron chi connectivity index (χ3n) is 13.6. The highest BCUT2D eigenvalue weighted by Gasteiger charge is 2.32. The Labute approximate surface area is 399 Å². The molecule has 5 N–H and O–H groups in total. The van der Waals surface area contributed by atoms with Crippen molar-refractivity contribution >= 4 is 23.1 Å². The van der Waals surface area contributed by atoms with Crippen molar-refractivity contribution in [3.8, 4) is 0 Å². The molecule has 7 nitrogen and oxygen atoms in total. The molecule has 0 spiro atoms. The topological polar surface area (TPSA) is 105 Å². The molecule has 4 unspecified atom stereocenters. The molecule has 67 heavy (non-hydrogen) atoms. The molecule has 0 bridgehead atoms. The number of ether oxygens (including phenoxy) is 1. The van der Waals surface area contributed by atoms with Crippen molar-refractivity contribution in [2.45, 2.75) is 115 Å². The highest BCUT2D eigenvalue weighted by Crippen LogP contribution is 2.46. The van der Waals surface area contributed by atoms with Crippen LogP contribution in [-0.2, 0) is 28.8 Å². The first-order valence-corrected chi connectivity index (χ1v) is 24.6. The van der Waals surface area contributed by atoms with Gasteiger partial charge in [0.1, 0.15) is 6.61 Å². The van der Waals surface area contributed by atoms with Crippen LogP contribution >= 0.6 is 0 Å². The maximum atomic E-state index is 13.8. The number of carbonyl (C=O) groups is 2. The zero-order valence-corrected chi connectivity index (χ0v) is 39.9. The molecule has 5 aromatic carbocycles. The molecule has 0 saturated heterocycles. The lowest BCUT2D eigenvalue weighted by Crippen LogP contribution is -2.41. The van der Waals surface area contributed by atoms with Crippen molar-refractivity contribution in [2.24, 2.45) is 5.73 Å². The second-order valence-corrected chi connectivity index (χ2v) is 18.0. The molecule has 0 saturated carbocycles. The summed E-state index contributed by atoms with van der Waals surface area (Å²) in [5.41, 5.74) is 20.7. The molecule has 348 valence electrons. The molecular weight excluding hydrogens is 825 g/mol. The van der Waals surface area contributed by atoms with Gasteiger partial charge in [-0.2, -0.15) is 0 Å². The predicted molar refractivity (Wildman–Crippen MR) is 277 cm³/mol. The number of rotatable bonds is 19. The lowest BCUT2D eigenvalue weighted by molar-refractivity contribution is -0.121. The van der Waals surface area contributed by atoms with Crippen molar-refractivity contribution in [3.63, 3.8) is 0 Å². The molecule has 0 aromatic heterocycles. The first-order valence-electron chi connectivity index (χ1n) is 24.6. The van der Waals surface area contributed by atoms with Gasteiger partial charge in [0.15, 0.2) is 0 Å². The molecule has 4 atom stereocenters. The van der Waals surface area contributed by atoms with Crippen LogP contribution in [0.2, 0.25) is 0 Å². The Bertz CT molecular complexity index is 2560. The number of aryl methyl sites for hydroxylation is 3. The summed E-state index contributed by atoms with van der Waals surface area (Å²) < 4.78 is 6.08. The van der Waals surface area contributed by atoms with Crippen LogP contribution in [0.3, 0.4) is 0 Å². The number of carbonyl (C=O) groups excluding carboxylic acids is 2. The second-order valence-electron chi connectivity index (χ2n) is 18.0. The molecule has 3 aliphatic carbocycles. The fraction of sp³-hybridized carbons (Fsp3) is 0.333. The Morgan fingerprint density at radius 3 is 2.19 bits per heavy atom. The Kier molecular flexibility index (Phi) is 17.3. The smallest absolute Gasteiger partial charge is 0.407 e. The molecule has 0 heterocycles. The second kappa shape index (κ2) is 23.8. The van der Waals surface area contributed by atoms with Crippen LogP contribution in [0.4, 0.5) is 4.79 Å². The van der Waals surface area contributed by atoms with Gasteiger partial charge >= 0.3 is 6.09 Å². The van der Waals surface area contributed by atoms with Gasteiger partial charge in [-0.05, 0) is 131 Å². The Hall–Kier alpha value is -6.44. The van der Waals surface area contributed by atoms with Crippen LogP contribution < -0.4 is 21.7 Å². The SMILES string of the molecule is C=C(CCCC)c1ccc(C(NC(=C)C(CCCC)NC(=O)CCc2ccc3c(c2)CCc2ccccc2C3NC(=O)OCC2C3=C(CCC=C3)c3ccccc32)c2ccccc2)cc1.CN. The van der Waals surface area contributed by atoms with Gasteiger partial charge in [0.25, 0.3) is 0 Å². The maximum absolute atomic E-state index is 13.8. The van der Waals surface area contributed by atoms with Crippen LogP contribution in [0.5, 0.6) is 0 Å². The normalized spacial score (nSPS) is 16.4. The van der Waals surface area contributed by atoms with E-state index in [2.05, 4.69) is 170 Å². The maximum Gasteiger partial charge on any atom is 0.407 e. The summed E-state index contributed by atoms with van der Waals surface area (Å²) >= 11 is 0. The predicted octanol–water partition coefficient (Wildman–Crippen LogP) is 12.8. The van der Waals surface area contributed by atoms with Crippen molar-refractivity contribution in [3.05, 3.63) is 214 Å².